The molecule has 0 saturated carbocycles. The number of nitrogens with one attached hydrogen (secondary N) is 1. The summed E-state index contributed by atoms with van der Waals surface area (Å²) in [5, 5.41) is 15.0. The molecule has 2 rings (SSSR count). The standard InChI is InChI=1S/C11H12N2O4/c1-7(6-14)12-11(15)8-5-10(17-13-8)9-3-2-4-16-9/h2-5,7,14H,6H2,1H3,(H,12,15)/t7-/m0/s1. The molecule has 0 aliphatic heterocycles. The molecule has 1 atom stereocenters. The summed E-state index contributed by atoms with van der Waals surface area (Å²) in [7, 11) is 0. The molecule has 0 fully saturated rings. The van der Waals surface area contributed by atoms with Crippen LogP contribution in [0.15, 0.2) is 33.4 Å². The lowest BCUT2D eigenvalue weighted by molar-refractivity contribution is 0.0913. The van der Waals surface area contributed by atoms with Gasteiger partial charge in [0.25, 0.3) is 5.91 Å². The molecule has 6 nitrogen and oxygen atoms in total. The molecule has 17 heavy (non-hydrogen) atoms. The quantitative estimate of drug-likeness (QED) is 0.828. The zero-order chi connectivity index (χ0) is 12.3. The van der Waals surface area contributed by atoms with Crippen molar-refractivity contribution in [1.29, 1.82) is 0 Å². The highest BCUT2D eigenvalue weighted by atomic mass is 16.5. The van der Waals surface area contributed by atoms with Crippen molar-refractivity contribution in [3.05, 3.63) is 30.2 Å². The van der Waals surface area contributed by atoms with Crippen LogP contribution < -0.4 is 5.32 Å². The molecule has 0 aliphatic carbocycles. The summed E-state index contributed by atoms with van der Waals surface area (Å²) in [4.78, 5) is 11.6. The zero-order valence-corrected chi connectivity index (χ0v) is 9.21. The van der Waals surface area contributed by atoms with Crippen LogP contribution in [-0.2, 0) is 0 Å². The van der Waals surface area contributed by atoms with E-state index in [9.17, 15) is 4.79 Å². The van der Waals surface area contributed by atoms with E-state index >= 15 is 0 Å². The van der Waals surface area contributed by atoms with Gasteiger partial charge in [-0.1, -0.05) is 5.16 Å². The maximum Gasteiger partial charge on any atom is 0.273 e. The van der Waals surface area contributed by atoms with Gasteiger partial charge in [0.1, 0.15) is 0 Å². The molecule has 0 bridgehead atoms. The molecule has 0 radical (unpaired) electrons. The summed E-state index contributed by atoms with van der Waals surface area (Å²) < 4.78 is 10.1. The minimum atomic E-state index is -0.395. The number of furan rings is 1. The summed E-state index contributed by atoms with van der Waals surface area (Å²) in [5.74, 6) is 0.497. The van der Waals surface area contributed by atoms with Gasteiger partial charge in [-0.15, -0.1) is 0 Å². The molecule has 2 heterocycles. The number of aromatic nitrogens is 1. The van der Waals surface area contributed by atoms with Crippen LogP contribution in [0.4, 0.5) is 0 Å². The van der Waals surface area contributed by atoms with Gasteiger partial charge in [-0.3, -0.25) is 4.79 Å². The molecule has 0 spiro atoms. The van der Waals surface area contributed by atoms with Crippen LogP contribution in [0.1, 0.15) is 17.4 Å². The predicted octanol–water partition coefficient (Wildman–Crippen LogP) is 1.05. The third-order valence-corrected chi connectivity index (χ3v) is 2.16. The first-order valence-electron chi connectivity index (χ1n) is 5.13. The normalized spacial score (nSPS) is 12.4. The average Bonchev–Trinajstić information content (AvgIpc) is 2.98. The van der Waals surface area contributed by atoms with Crippen molar-refractivity contribution >= 4 is 5.91 Å². The van der Waals surface area contributed by atoms with Gasteiger partial charge in [-0.2, -0.15) is 0 Å². The molecule has 0 unspecified atom stereocenters. The Hall–Kier alpha value is -2.08. The Morgan fingerprint density at radius 3 is 3.06 bits per heavy atom. The number of hydrogen-bond donors (Lipinski definition) is 2. The fraction of sp³-hybridized carbons (Fsp3) is 0.273. The van der Waals surface area contributed by atoms with Crippen molar-refractivity contribution in [3.8, 4) is 11.5 Å². The molecule has 0 saturated heterocycles. The van der Waals surface area contributed by atoms with Crippen LogP contribution in [0.5, 0.6) is 0 Å². The minimum Gasteiger partial charge on any atom is -0.461 e. The predicted molar refractivity (Wildman–Crippen MR) is 58.2 cm³/mol. The summed E-state index contributed by atoms with van der Waals surface area (Å²) in [5.41, 5.74) is 0.150. The Bertz CT molecular complexity index is 489. The number of carbonyl (C=O) groups excluding carboxylic acids is 1. The number of nitrogens with zero attached hydrogens (tertiary/aromatic N) is 1. The average molecular weight is 236 g/mol. The van der Waals surface area contributed by atoms with Gasteiger partial charge in [0, 0.05) is 12.1 Å². The second-order valence-electron chi connectivity index (χ2n) is 3.61. The third-order valence-electron chi connectivity index (χ3n) is 2.16. The largest absolute Gasteiger partial charge is 0.461 e. The first kappa shape index (κ1) is 11.4. The molecule has 0 aromatic carbocycles. The van der Waals surface area contributed by atoms with Crippen LogP contribution in [0.25, 0.3) is 11.5 Å². The number of amides is 1. The highest BCUT2D eigenvalue weighted by Gasteiger charge is 2.16. The van der Waals surface area contributed by atoms with Crippen LogP contribution >= 0.6 is 0 Å². The van der Waals surface area contributed by atoms with E-state index in [-0.39, 0.29) is 18.3 Å². The number of aliphatic hydroxyl groups is 1. The van der Waals surface area contributed by atoms with Gasteiger partial charge in [0.05, 0.1) is 12.9 Å². The molecule has 2 N–H and O–H groups in total. The van der Waals surface area contributed by atoms with Gasteiger partial charge in [0.2, 0.25) is 5.76 Å². The second-order valence-corrected chi connectivity index (χ2v) is 3.61. The van der Waals surface area contributed by atoms with E-state index in [1.807, 2.05) is 0 Å². The Kier molecular flexibility index (Phi) is 3.24. The Morgan fingerprint density at radius 2 is 2.41 bits per heavy atom. The van der Waals surface area contributed by atoms with Crippen molar-refractivity contribution in [1.82, 2.24) is 10.5 Å². The van der Waals surface area contributed by atoms with Gasteiger partial charge < -0.3 is 19.4 Å². The Morgan fingerprint density at radius 1 is 1.59 bits per heavy atom. The minimum absolute atomic E-state index is 0.130. The monoisotopic (exact) mass is 236 g/mol. The van der Waals surface area contributed by atoms with Gasteiger partial charge in [0.15, 0.2) is 11.5 Å². The van der Waals surface area contributed by atoms with Crippen molar-refractivity contribution in [3.63, 3.8) is 0 Å². The van der Waals surface area contributed by atoms with Gasteiger partial charge >= 0.3 is 0 Å². The summed E-state index contributed by atoms with van der Waals surface area (Å²) in [6.45, 7) is 1.56. The van der Waals surface area contributed by atoms with E-state index in [0.717, 1.165) is 0 Å². The maximum absolute atomic E-state index is 11.6. The summed E-state index contributed by atoms with van der Waals surface area (Å²) in [6.07, 6.45) is 1.51. The first-order valence-corrected chi connectivity index (χ1v) is 5.13. The molecule has 90 valence electrons. The molecule has 2 aromatic heterocycles. The maximum atomic E-state index is 11.6. The van der Waals surface area contributed by atoms with Crippen LogP contribution in [0.3, 0.4) is 0 Å². The zero-order valence-electron chi connectivity index (χ0n) is 9.21. The number of hydrogen-bond acceptors (Lipinski definition) is 5. The van der Waals surface area contributed by atoms with Crippen molar-refractivity contribution in [2.45, 2.75) is 13.0 Å². The molecular weight excluding hydrogens is 224 g/mol. The summed E-state index contributed by atoms with van der Waals surface area (Å²) in [6, 6.07) is 4.58. The SMILES string of the molecule is C[C@@H](CO)NC(=O)c1cc(-c2ccco2)on1. The lowest BCUT2D eigenvalue weighted by Crippen LogP contribution is -2.35. The van der Waals surface area contributed by atoms with E-state index in [2.05, 4.69) is 10.5 Å². The van der Waals surface area contributed by atoms with Crippen LogP contribution in [0.2, 0.25) is 0 Å². The van der Waals surface area contributed by atoms with Crippen molar-refractivity contribution in [2.75, 3.05) is 6.61 Å². The van der Waals surface area contributed by atoms with E-state index < -0.39 is 5.91 Å². The summed E-state index contributed by atoms with van der Waals surface area (Å²) >= 11 is 0. The van der Waals surface area contributed by atoms with Gasteiger partial charge in [-0.05, 0) is 19.1 Å². The van der Waals surface area contributed by atoms with Crippen LogP contribution in [0, 0.1) is 0 Å². The van der Waals surface area contributed by atoms with Crippen molar-refractivity contribution < 1.29 is 18.8 Å². The second kappa shape index (κ2) is 4.84. The van der Waals surface area contributed by atoms with Crippen LogP contribution in [-0.4, -0.2) is 28.8 Å². The van der Waals surface area contributed by atoms with Crippen molar-refractivity contribution in [2.24, 2.45) is 0 Å². The van der Waals surface area contributed by atoms with E-state index in [0.29, 0.717) is 11.5 Å². The first-order chi connectivity index (χ1) is 8.20. The number of carbonyl (C=O) groups is 1. The third kappa shape index (κ3) is 2.54. The fourth-order valence-corrected chi connectivity index (χ4v) is 1.26. The molecule has 1 amide bonds. The lowest BCUT2D eigenvalue weighted by Gasteiger charge is -2.07. The molecular formula is C11H12N2O4. The van der Waals surface area contributed by atoms with Gasteiger partial charge in [-0.25, -0.2) is 0 Å². The molecule has 6 heteroatoms. The lowest BCUT2D eigenvalue weighted by atomic mass is 10.3. The molecule has 0 aliphatic rings. The Balaban J connectivity index is 2.11. The van der Waals surface area contributed by atoms with E-state index in [4.69, 9.17) is 14.0 Å². The van der Waals surface area contributed by atoms with E-state index in [1.54, 1.807) is 19.1 Å². The number of aliphatic hydroxyl groups excluding tert-OH is 1. The molecule has 2 aromatic rings. The highest BCUT2D eigenvalue weighted by Crippen LogP contribution is 2.20. The highest BCUT2D eigenvalue weighted by molar-refractivity contribution is 5.93. The Labute approximate surface area is 97.2 Å². The smallest absolute Gasteiger partial charge is 0.273 e. The topological polar surface area (TPSA) is 88.5 Å². The fourth-order valence-electron chi connectivity index (χ4n) is 1.26. The van der Waals surface area contributed by atoms with E-state index in [1.165, 1.54) is 12.3 Å². The number of rotatable bonds is 4.